The summed E-state index contributed by atoms with van der Waals surface area (Å²) < 4.78 is 11.6. The maximum atomic E-state index is 13.1. The fourth-order valence-electron chi connectivity index (χ4n) is 3.72. The molecule has 160 valence electrons. The lowest BCUT2D eigenvalue weighted by Gasteiger charge is -2.35. The number of nitrogens with zero attached hydrogens (tertiary/aromatic N) is 2. The molecular formula is C26H28N2O3. The van der Waals surface area contributed by atoms with E-state index >= 15 is 0 Å². The molecule has 1 aliphatic heterocycles. The van der Waals surface area contributed by atoms with Crippen LogP contribution in [0.5, 0.6) is 11.5 Å². The number of rotatable bonds is 8. The molecule has 0 radical (unpaired) electrons. The van der Waals surface area contributed by atoms with Gasteiger partial charge in [0.05, 0.1) is 5.56 Å². The summed E-state index contributed by atoms with van der Waals surface area (Å²) in [5, 5.41) is 0. The van der Waals surface area contributed by atoms with E-state index in [0.717, 1.165) is 38.5 Å². The van der Waals surface area contributed by atoms with Gasteiger partial charge in [0.25, 0.3) is 5.91 Å². The predicted octanol–water partition coefficient (Wildman–Crippen LogP) is 4.10. The molecule has 3 aromatic carbocycles. The van der Waals surface area contributed by atoms with Crippen LogP contribution in [0.4, 0.5) is 0 Å². The molecule has 0 saturated carbocycles. The second-order valence-electron chi connectivity index (χ2n) is 7.56. The molecule has 3 aromatic rings. The summed E-state index contributed by atoms with van der Waals surface area (Å²) in [6.45, 7) is 4.90. The van der Waals surface area contributed by atoms with Gasteiger partial charge in [-0.15, -0.1) is 0 Å². The number of benzene rings is 3. The van der Waals surface area contributed by atoms with Crippen molar-refractivity contribution in [1.82, 2.24) is 9.80 Å². The average Bonchev–Trinajstić information content (AvgIpc) is 2.83. The molecule has 5 heteroatoms. The van der Waals surface area contributed by atoms with Crippen LogP contribution in [0.2, 0.25) is 0 Å². The Bertz CT molecular complexity index is 955. The lowest BCUT2D eigenvalue weighted by atomic mass is 10.1. The average molecular weight is 417 g/mol. The van der Waals surface area contributed by atoms with Crippen LogP contribution in [0, 0.1) is 0 Å². The predicted molar refractivity (Wildman–Crippen MR) is 121 cm³/mol. The van der Waals surface area contributed by atoms with Crippen LogP contribution in [0.3, 0.4) is 0 Å². The van der Waals surface area contributed by atoms with Crippen LogP contribution in [-0.2, 0) is 6.54 Å². The second-order valence-corrected chi connectivity index (χ2v) is 7.56. The number of carbonyl (C=O) groups excluding carboxylic acids is 1. The minimum atomic E-state index is 0.0268. The number of hydrogen-bond donors (Lipinski definition) is 0. The Balaban J connectivity index is 1.28. The van der Waals surface area contributed by atoms with Gasteiger partial charge in [-0.2, -0.15) is 0 Å². The van der Waals surface area contributed by atoms with Crippen molar-refractivity contribution in [2.24, 2.45) is 0 Å². The highest BCUT2D eigenvalue weighted by atomic mass is 16.5. The van der Waals surface area contributed by atoms with E-state index in [9.17, 15) is 4.79 Å². The first kappa shape index (κ1) is 20.9. The quantitative estimate of drug-likeness (QED) is 0.519. The van der Waals surface area contributed by atoms with Crippen molar-refractivity contribution in [2.45, 2.75) is 6.54 Å². The van der Waals surface area contributed by atoms with Crippen molar-refractivity contribution in [3.63, 3.8) is 0 Å². The first-order chi connectivity index (χ1) is 15.3. The monoisotopic (exact) mass is 416 g/mol. The van der Waals surface area contributed by atoms with Gasteiger partial charge in [-0.3, -0.25) is 9.69 Å². The molecule has 0 atom stereocenters. The highest BCUT2D eigenvalue weighted by molar-refractivity contribution is 5.97. The molecular weight excluding hydrogens is 388 g/mol. The molecule has 31 heavy (non-hydrogen) atoms. The third-order valence-electron chi connectivity index (χ3n) is 5.38. The van der Waals surface area contributed by atoms with Crippen molar-refractivity contribution < 1.29 is 14.3 Å². The van der Waals surface area contributed by atoms with E-state index in [1.54, 1.807) is 0 Å². The minimum Gasteiger partial charge on any atom is -0.490 e. The fraction of sp³-hybridized carbons (Fsp3) is 0.269. The summed E-state index contributed by atoms with van der Waals surface area (Å²) in [4.78, 5) is 17.4. The highest BCUT2D eigenvalue weighted by Crippen LogP contribution is 2.21. The molecule has 0 aliphatic carbocycles. The van der Waals surface area contributed by atoms with E-state index in [4.69, 9.17) is 9.47 Å². The number of amides is 1. The lowest BCUT2D eigenvalue weighted by molar-refractivity contribution is 0.0623. The van der Waals surface area contributed by atoms with Crippen LogP contribution in [0.1, 0.15) is 15.9 Å². The van der Waals surface area contributed by atoms with Gasteiger partial charge < -0.3 is 14.4 Å². The van der Waals surface area contributed by atoms with Crippen molar-refractivity contribution in [3.8, 4) is 11.5 Å². The molecule has 1 fully saturated rings. The molecule has 4 rings (SSSR count). The standard InChI is InChI=1S/C26H28N2O3/c29-26(28-17-15-27(16-18-28)21-22-9-3-1-4-10-22)24-13-7-8-14-25(24)31-20-19-30-23-11-5-2-6-12-23/h1-14H,15-21H2. The highest BCUT2D eigenvalue weighted by Gasteiger charge is 2.24. The van der Waals surface area contributed by atoms with Gasteiger partial charge in [-0.05, 0) is 29.8 Å². The summed E-state index contributed by atoms with van der Waals surface area (Å²) in [6, 6.07) is 27.6. The fourth-order valence-corrected chi connectivity index (χ4v) is 3.72. The number of carbonyl (C=O) groups is 1. The van der Waals surface area contributed by atoms with Crippen molar-refractivity contribution in [1.29, 1.82) is 0 Å². The van der Waals surface area contributed by atoms with E-state index in [1.165, 1.54) is 5.56 Å². The molecule has 0 N–H and O–H groups in total. The third-order valence-corrected chi connectivity index (χ3v) is 5.38. The van der Waals surface area contributed by atoms with E-state index in [2.05, 4.69) is 29.2 Å². The molecule has 5 nitrogen and oxygen atoms in total. The van der Waals surface area contributed by atoms with Crippen molar-refractivity contribution >= 4 is 5.91 Å². The van der Waals surface area contributed by atoms with Gasteiger partial charge in [-0.25, -0.2) is 0 Å². The molecule has 0 spiro atoms. The molecule has 1 saturated heterocycles. The summed E-state index contributed by atoms with van der Waals surface area (Å²) in [5.41, 5.74) is 1.91. The Morgan fingerprint density at radius 1 is 0.710 bits per heavy atom. The smallest absolute Gasteiger partial charge is 0.257 e. The summed E-state index contributed by atoms with van der Waals surface area (Å²) >= 11 is 0. The largest absolute Gasteiger partial charge is 0.490 e. The van der Waals surface area contributed by atoms with E-state index in [-0.39, 0.29) is 5.91 Å². The summed E-state index contributed by atoms with van der Waals surface area (Å²) in [7, 11) is 0. The Morgan fingerprint density at radius 3 is 2.06 bits per heavy atom. The Hall–Kier alpha value is -3.31. The number of piperazine rings is 1. The minimum absolute atomic E-state index is 0.0268. The lowest BCUT2D eigenvalue weighted by Crippen LogP contribution is -2.48. The van der Waals surface area contributed by atoms with Gasteiger partial charge in [0.2, 0.25) is 0 Å². The molecule has 0 unspecified atom stereocenters. The van der Waals surface area contributed by atoms with Crippen LogP contribution >= 0.6 is 0 Å². The van der Waals surface area contributed by atoms with Gasteiger partial charge in [0.15, 0.2) is 0 Å². The van der Waals surface area contributed by atoms with Crippen LogP contribution in [0.15, 0.2) is 84.9 Å². The normalized spacial score (nSPS) is 14.3. The Morgan fingerprint density at radius 2 is 1.32 bits per heavy atom. The maximum Gasteiger partial charge on any atom is 0.257 e. The zero-order chi connectivity index (χ0) is 21.3. The zero-order valence-corrected chi connectivity index (χ0v) is 17.7. The van der Waals surface area contributed by atoms with Crippen LogP contribution < -0.4 is 9.47 Å². The van der Waals surface area contributed by atoms with Gasteiger partial charge in [0, 0.05) is 32.7 Å². The Kier molecular flexibility index (Phi) is 7.19. The summed E-state index contributed by atoms with van der Waals surface area (Å²) in [6.07, 6.45) is 0. The first-order valence-corrected chi connectivity index (χ1v) is 10.7. The molecule has 1 amide bonds. The topological polar surface area (TPSA) is 42.0 Å². The van der Waals surface area contributed by atoms with Gasteiger partial charge in [-0.1, -0.05) is 60.7 Å². The third kappa shape index (κ3) is 5.86. The van der Waals surface area contributed by atoms with Crippen molar-refractivity contribution in [2.75, 3.05) is 39.4 Å². The zero-order valence-electron chi connectivity index (χ0n) is 17.7. The number of para-hydroxylation sites is 2. The number of hydrogen-bond acceptors (Lipinski definition) is 4. The second kappa shape index (κ2) is 10.6. The van der Waals surface area contributed by atoms with Crippen LogP contribution in [-0.4, -0.2) is 55.1 Å². The Labute approximate surface area is 183 Å². The van der Waals surface area contributed by atoms with E-state index < -0.39 is 0 Å². The number of ether oxygens (including phenoxy) is 2. The SMILES string of the molecule is O=C(c1ccccc1OCCOc1ccccc1)N1CCN(Cc2ccccc2)CC1. The van der Waals surface area contributed by atoms with Crippen molar-refractivity contribution in [3.05, 3.63) is 96.1 Å². The summed E-state index contributed by atoms with van der Waals surface area (Å²) in [5.74, 6) is 1.44. The van der Waals surface area contributed by atoms with Gasteiger partial charge >= 0.3 is 0 Å². The maximum absolute atomic E-state index is 13.1. The molecule has 1 heterocycles. The van der Waals surface area contributed by atoms with E-state index in [0.29, 0.717) is 24.5 Å². The first-order valence-electron chi connectivity index (χ1n) is 10.7. The molecule has 0 aromatic heterocycles. The van der Waals surface area contributed by atoms with Gasteiger partial charge in [0.1, 0.15) is 24.7 Å². The van der Waals surface area contributed by atoms with Crippen LogP contribution in [0.25, 0.3) is 0 Å². The van der Waals surface area contributed by atoms with E-state index in [1.807, 2.05) is 65.6 Å². The molecule has 0 bridgehead atoms. The molecule has 1 aliphatic rings.